The number of fused-ring (bicyclic) bond motifs is 4. The van der Waals surface area contributed by atoms with Crippen molar-refractivity contribution in [1.82, 2.24) is 24.7 Å². The highest BCUT2D eigenvalue weighted by Crippen LogP contribution is 2.31. The molecule has 1 amide bonds. The molecule has 3 aromatic heterocycles. The van der Waals surface area contributed by atoms with E-state index in [1.807, 2.05) is 18.2 Å². The number of rotatable bonds is 5. The molecular formula is C21H22N6OS2. The zero-order chi connectivity index (χ0) is 20.7. The predicted molar refractivity (Wildman–Crippen MR) is 121 cm³/mol. The third-order valence-corrected chi connectivity index (χ3v) is 7.15. The van der Waals surface area contributed by atoms with Crippen molar-refractivity contribution < 1.29 is 4.79 Å². The summed E-state index contributed by atoms with van der Waals surface area (Å²) in [6.45, 7) is 4.25. The molecule has 154 valence electrons. The van der Waals surface area contributed by atoms with Crippen LogP contribution in [0.4, 0.5) is 5.13 Å². The average Bonchev–Trinajstić information content (AvgIpc) is 3.29. The largest absolute Gasteiger partial charge is 0.321 e. The van der Waals surface area contributed by atoms with Gasteiger partial charge in [-0.2, -0.15) is 0 Å². The zero-order valence-corrected chi connectivity index (χ0v) is 18.5. The summed E-state index contributed by atoms with van der Waals surface area (Å²) in [7, 11) is 0. The molecule has 30 heavy (non-hydrogen) atoms. The highest BCUT2D eigenvalue weighted by Gasteiger charge is 2.18. The lowest BCUT2D eigenvalue weighted by atomic mass is 10.0. The summed E-state index contributed by atoms with van der Waals surface area (Å²) in [6.07, 6.45) is 4.47. The van der Waals surface area contributed by atoms with Crippen LogP contribution in [-0.4, -0.2) is 36.4 Å². The summed E-state index contributed by atoms with van der Waals surface area (Å²) in [5, 5.41) is 13.8. The maximum absolute atomic E-state index is 12.4. The predicted octanol–water partition coefficient (Wildman–Crippen LogP) is 4.63. The van der Waals surface area contributed by atoms with E-state index in [2.05, 4.69) is 45.0 Å². The van der Waals surface area contributed by atoms with E-state index in [4.69, 9.17) is 4.98 Å². The van der Waals surface area contributed by atoms with E-state index < -0.39 is 0 Å². The topological polar surface area (TPSA) is 85.6 Å². The van der Waals surface area contributed by atoms with Gasteiger partial charge in [0.2, 0.25) is 11.1 Å². The van der Waals surface area contributed by atoms with Crippen LogP contribution in [0.1, 0.15) is 43.3 Å². The van der Waals surface area contributed by atoms with Crippen molar-refractivity contribution in [2.75, 3.05) is 11.1 Å². The second-order valence-electron chi connectivity index (χ2n) is 7.68. The Hall–Kier alpha value is -2.52. The van der Waals surface area contributed by atoms with Crippen LogP contribution in [0.3, 0.4) is 0 Å². The molecule has 0 unspecified atom stereocenters. The normalized spacial score (nSPS) is 13.8. The minimum Gasteiger partial charge on any atom is -0.321 e. The van der Waals surface area contributed by atoms with Crippen LogP contribution < -0.4 is 5.32 Å². The number of anilines is 1. The summed E-state index contributed by atoms with van der Waals surface area (Å²) in [6, 6.07) is 8.37. The van der Waals surface area contributed by atoms with Gasteiger partial charge in [-0.15, -0.1) is 21.5 Å². The average molecular weight is 439 g/mol. The molecule has 3 heterocycles. The van der Waals surface area contributed by atoms with Gasteiger partial charge in [0.15, 0.2) is 10.8 Å². The zero-order valence-electron chi connectivity index (χ0n) is 16.9. The summed E-state index contributed by atoms with van der Waals surface area (Å²) in [5.41, 5.74) is 3.84. The Morgan fingerprint density at radius 3 is 2.87 bits per heavy atom. The van der Waals surface area contributed by atoms with Crippen molar-refractivity contribution in [3.63, 3.8) is 0 Å². The summed E-state index contributed by atoms with van der Waals surface area (Å²) < 4.78 is 2.17. The first-order chi connectivity index (χ1) is 14.6. The van der Waals surface area contributed by atoms with E-state index in [9.17, 15) is 4.79 Å². The number of amides is 1. The van der Waals surface area contributed by atoms with Crippen LogP contribution in [0, 0.1) is 0 Å². The SMILES string of the molecule is CC(C)n1c2ccccc2c2nnc(SCC(=O)Nc3nc4c(s3)CCCC4)nc21. The van der Waals surface area contributed by atoms with Crippen molar-refractivity contribution in [1.29, 1.82) is 0 Å². The van der Waals surface area contributed by atoms with Crippen LogP contribution in [0.25, 0.3) is 22.1 Å². The van der Waals surface area contributed by atoms with Crippen LogP contribution in [0.5, 0.6) is 0 Å². The van der Waals surface area contributed by atoms with E-state index in [1.54, 1.807) is 11.3 Å². The first kappa shape index (κ1) is 19.4. The lowest BCUT2D eigenvalue weighted by Gasteiger charge is -2.10. The number of hydrogen-bond donors (Lipinski definition) is 1. The van der Waals surface area contributed by atoms with E-state index in [0.717, 1.165) is 40.6 Å². The van der Waals surface area contributed by atoms with Crippen LogP contribution in [-0.2, 0) is 17.6 Å². The number of aromatic nitrogens is 5. The number of benzene rings is 1. The van der Waals surface area contributed by atoms with Gasteiger partial charge >= 0.3 is 0 Å². The number of para-hydroxylation sites is 1. The molecule has 0 radical (unpaired) electrons. The third kappa shape index (κ3) is 3.56. The highest BCUT2D eigenvalue weighted by atomic mass is 32.2. The standard InChI is InChI=1S/C21H22N6OS2/c1-12(2)27-15-9-5-3-7-13(15)18-19(27)24-21(26-25-18)29-11-17(28)23-20-22-14-8-4-6-10-16(14)30-20/h3,5,7,9,12H,4,6,8,10-11H2,1-2H3,(H,22,23,28). The Bertz CT molecular complexity index is 1220. The second-order valence-corrected chi connectivity index (χ2v) is 9.71. The molecule has 0 fully saturated rings. The van der Waals surface area contributed by atoms with Crippen molar-refractivity contribution in [2.45, 2.75) is 50.7 Å². The molecule has 5 rings (SSSR count). The molecule has 0 bridgehead atoms. The molecular weight excluding hydrogens is 416 g/mol. The molecule has 7 nitrogen and oxygen atoms in total. The quantitative estimate of drug-likeness (QED) is 0.457. The van der Waals surface area contributed by atoms with Gasteiger partial charge < -0.3 is 9.88 Å². The summed E-state index contributed by atoms with van der Waals surface area (Å²) >= 11 is 2.89. The minimum atomic E-state index is -0.0980. The number of nitrogens with zero attached hydrogens (tertiary/aromatic N) is 5. The number of carbonyl (C=O) groups is 1. The number of nitrogens with one attached hydrogen (secondary N) is 1. The van der Waals surface area contributed by atoms with Crippen molar-refractivity contribution in [3.05, 3.63) is 34.8 Å². The Labute approximate surface area is 182 Å². The van der Waals surface area contributed by atoms with E-state index in [1.165, 1.54) is 29.5 Å². The molecule has 1 aliphatic carbocycles. The van der Waals surface area contributed by atoms with Gasteiger partial charge in [0.05, 0.1) is 17.0 Å². The Morgan fingerprint density at radius 2 is 2.03 bits per heavy atom. The molecule has 1 N–H and O–H groups in total. The maximum atomic E-state index is 12.4. The van der Waals surface area contributed by atoms with Crippen molar-refractivity contribution >= 4 is 56.2 Å². The summed E-state index contributed by atoms with van der Waals surface area (Å²) in [5.74, 6) is 0.124. The number of thioether (sulfide) groups is 1. The van der Waals surface area contributed by atoms with Gasteiger partial charge in [-0.05, 0) is 45.6 Å². The number of aryl methyl sites for hydroxylation is 2. The molecule has 9 heteroatoms. The Kier molecular flexibility index (Phi) is 5.16. The van der Waals surface area contributed by atoms with Gasteiger partial charge in [-0.1, -0.05) is 30.0 Å². The second kappa shape index (κ2) is 7.96. The molecule has 0 saturated carbocycles. The number of thiazole rings is 1. The molecule has 1 aromatic carbocycles. The fourth-order valence-electron chi connectivity index (χ4n) is 3.92. The van der Waals surface area contributed by atoms with Crippen LogP contribution >= 0.6 is 23.1 Å². The molecule has 0 atom stereocenters. The summed E-state index contributed by atoms with van der Waals surface area (Å²) in [4.78, 5) is 23.0. The smallest absolute Gasteiger partial charge is 0.236 e. The van der Waals surface area contributed by atoms with Gasteiger partial charge in [0.1, 0.15) is 5.52 Å². The van der Waals surface area contributed by atoms with Crippen LogP contribution in [0.2, 0.25) is 0 Å². The fraction of sp³-hybridized carbons (Fsp3) is 0.381. The number of carbonyl (C=O) groups excluding carboxylic acids is 1. The maximum Gasteiger partial charge on any atom is 0.236 e. The first-order valence-electron chi connectivity index (χ1n) is 10.1. The fourth-order valence-corrected chi connectivity index (χ4v) is 5.57. The van der Waals surface area contributed by atoms with Gasteiger partial charge in [-0.3, -0.25) is 4.79 Å². The lowest BCUT2D eigenvalue weighted by Crippen LogP contribution is -2.14. The highest BCUT2D eigenvalue weighted by molar-refractivity contribution is 7.99. The number of hydrogen-bond acceptors (Lipinski definition) is 7. The van der Waals surface area contributed by atoms with Crippen molar-refractivity contribution in [3.8, 4) is 0 Å². The molecule has 0 spiro atoms. The molecule has 4 aromatic rings. The van der Waals surface area contributed by atoms with Gasteiger partial charge in [-0.25, -0.2) is 9.97 Å². The lowest BCUT2D eigenvalue weighted by molar-refractivity contribution is -0.113. The monoisotopic (exact) mass is 438 g/mol. The third-order valence-electron chi connectivity index (χ3n) is 5.24. The molecule has 0 aliphatic heterocycles. The van der Waals surface area contributed by atoms with E-state index >= 15 is 0 Å². The van der Waals surface area contributed by atoms with E-state index in [-0.39, 0.29) is 17.7 Å². The van der Waals surface area contributed by atoms with Gasteiger partial charge in [0, 0.05) is 16.3 Å². The van der Waals surface area contributed by atoms with Gasteiger partial charge in [0.25, 0.3) is 0 Å². The molecule has 1 aliphatic rings. The van der Waals surface area contributed by atoms with Crippen molar-refractivity contribution in [2.24, 2.45) is 0 Å². The Balaban J connectivity index is 1.34. The molecule has 0 saturated heterocycles. The minimum absolute atomic E-state index is 0.0980. The van der Waals surface area contributed by atoms with E-state index in [0.29, 0.717) is 10.3 Å². The first-order valence-corrected chi connectivity index (χ1v) is 11.9. The Morgan fingerprint density at radius 1 is 1.20 bits per heavy atom. The van der Waals surface area contributed by atoms with Crippen LogP contribution in [0.15, 0.2) is 29.4 Å².